The molecule has 5 rings (SSSR count). The Labute approximate surface area is 180 Å². The van der Waals surface area contributed by atoms with Crippen LogP contribution in [0.5, 0.6) is 5.75 Å². The van der Waals surface area contributed by atoms with Gasteiger partial charge in [-0.2, -0.15) is 5.10 Å². The second-order valence-electron chi connectivity index (χ2n) is 7.40. The van der Waals surface area contributed by atoms with Crippen molar-refractivity contribution in [1.82, 2.24) is 9.78 Å². The van der Waals surface area contributed by atoms with E-state index in [-0.39, 0.29) is 5.91 Å². The highest BCUT2D eigenvalue weighted by molar-refractivity contribution is 6.12. The van der Waals surface area contributed by atoms with E-state index in [0.29, 0.717) is 23.5 Å². The molecule has 4 aromatic rings. The fraction of sp³-hybridized carbons (Fsp3) is 0.120. The van der Waals surface area contributed by atoms with Crippen molar-refractivity contribution in [2.75, 3.05) is 17.3 Å². The molecule has 0 spiro atoms. The summed E-state index contributed by atoms with van der Waals surface area (Å²) in [5.74, 6) is 0.554. The number of aromatic nitrogens is 2. The minimum atomic E-state index is -0.414. The van der Waals surface area contributed by atoms with Crippen molar-refractivity contribution in [2.24, 2.45) is 0 Å². The average Bonchev–Trinajstić information content (AvgIpc) is 3.28. The lowest BCUT2D eigenvalue weighted by atomic mass is 10.0. The summed E-state index contributed by atoms with van der Waals surface area (Å²) >= 11 is 0. The van der Waals surface area contributed by atoms with E-state index in [2.05, 4.69) is 22.5 Å². The molecule has 1 amide bonds. The molecule has 1 aliphatic rings. The molecule has 6 nitrogen and oxygen atoms in total. The Balaban J connectivity index is 1.56. The molecule has 6 heteroatoms. The maximum Gasteiger partial charge on any atom is 0.262 e. The van der Waals surface area contributed by atoms with Gasteiger partial charge in [0.05, 0.1) is 31.1 Å². The molecule has 0 fully saturated rings. The van der Waals surface area contributed by atoms with E-state index in [1.54, 1.807) is 12.0 Å². The van der Waals surface area contributed by atoms with E-state index < -0.39 is 6.17 Å². The number of rotatable bonds is 5. The molecule has 1 aliphatic heterocycles. The van der Waals surface area contributed by atoms with Crippen molar-refractivity contribution in [1.29, 1.82) is 0 Å². The van der Waals surface area contributed by atoms with Crippen LogP contribution in [0.15, 0.2) is 91.3 Å². The van der Waals surface area contributed by atoms with Gasteiger partial charge in [-0.05, 0) is 29.8 Å². The normalized spacial score (nSPS) is 15.3. The highest BCUT2D eigenvalue weighted by atomic mass is 16.5. The van der Waals surface area contributed by atoms with Crippen LogP contribution in [0.1, 0.15) is 27.7 Å². The smallest absolute Gasteiger partial charge is 0.262 e. The highest BCUT2D eigenvalue weighted by Gasteiger charge is 2.36. The summed E-state index contributed by atoms with van der Waals surface area (Å²) in [5, 5.41) is 8.06. The van der Waals surface area contributed by atoms with Crippen LogP contribution in [-0.2, 0) is 6.54 Å². The number of nitrogens with zero attached hydrogens (tertiary/aromatic N) is 3. The number of amides is 1. The first-order valence-electron chi connectivity index (χ1n) is 10.1. The van der Waals surface area contributed by atoms with E-state index in [4.69, 9.17) is 4.74 Å². The Morgan fingerprint density at radius 2 is 1.71 bits per heavy atom. The Kier molecular flexibility index (Phi) is 4.88. The molecule has 1 N–H and O–H groups in total. The highest BCUT2D eigenvalue weighted by Crippen LogP contribution is 2.40. The van der Waals surface area contributed by atoms with Gasteiger partial charge >= 0.3 is 0 Å². The molecule has 0 saturated heterocycles. The third-order valence-electron chi connectivity index (χ3n) is 5.43. The van der Waals surface area contributed by atoms with Gasteiger partial charge in [0.15, 0.2) is 0 Å². The summed E-state index contributed by atoms with van der Waals surface area (Å²) in [4.78, 5) is 15.3. The SMILES string of the molecule is COc1ccccc1N1C(=O)c2ccccc2NC1c1cnn(Cc2ccccc2)c1. The van der Waals surface area contributed by atoms with Gasteiger partial charge in [-0.3, -0.25) is 14.4 Å². The third kappa shape index (κ3) is 3.53. The first kappa shape index (κ1) is 18.9. The van der Waals surface area contributed by atoms with Gasteiger partial charge in [-0.15, -0.1) is 0 Å². The first-order valence-corrected chi connectivity index (χ1v) is 10.1. The van der Waals surface area contributed by atoms with Gasteiger partial charge in [0.25, 0.3) is 5.91 Å². The maximum absolute atomic E-state index is 13.6. The monoisotopic (exact) mass is 410 g/mol. The van der Waals surface area contributed by atoms with E-state index in [9.17, 15) is 4.79 Å². The lowest BCUT2D eigenvalue weighted by Gasteiger charge is -2.38. The summed E-state index contributed by atoms with van der Waals surface area (Å²) in [5.41, 5.74) is 4.19. The van der Waals surface area contributed by atoms with E-state index in [1.165, 1.54) is 0 Å². The molecule has 3 aromatic carbocycles. The summed E-state index contributed by atoms with van der Waals surface area (Å²) in [7, 11) is 1.61. The average molecular weight is 410 g/mol. The summed E-state index contributed by atoms with van der Waals surface area (Å²) < 4.78 is 7.45. The summed E-state index contributed by atoms with van der Waals surface area (Å²) in [6.07, 6.45) is 3.38. The van der Waals surface area contributed by atoms with Gasteiger partial charge in [0, 0.05) is 17.4 Å². The van der Waals surface area contributed by atoms with Crippen molar-refractivity contribution in [3.63, 3.8) is 0 Å². The third-order valence-corrected chi connectivity index (χ3v) is 5.43. The summed E-state index contributed by atoms with van der Waals surface area (Å²) in [6, 6.07) is 25.3. The zero-order valence-electron chi connectivity index (χ0n) is 17.1. The largest absolute Gasteiger partial charge is 0.495 e. The van der Waals surface area contributed by atoms with Crippen molar-refractivity contribution in [3.8, 4) is 5.75 Å². The van der Waals surface area contributed by atoms with Gasteiger partial charge in [-0.1, -0.05) is 54.6 Å². The van der Waals surface area contributed by atoms with E-state index in [0.717, 1.165) is 16.8 Å². The molecule has 0 radical (unpaired) electrons. The molecular formula is C25H22N4O2. The fourth-order valence-electron chi connectivity index (χ4n) is 3.94. The molecule has 1 atom stereocenters. The van der Waals surface area contributed by atoms with Gasteiger partial charge in [0.2, 0.25) is 0 Å². The molecule has 1 unspecified atom stereocenters. The number of hydrogen-bond donors (Lipinski definition) is 1. The van der Waals surface area contributed by atoms with Crippen LogP contribution in [0, 0.1) is 0 Å². The Morgan fingerprint density at radius 3 is 2.55 bits per heavy atom. The Hall–Kier alpha value is -4.06. The van der Waals surface area contributed by atoms with Gasteiger partial charge < -0.3 is 10.1 Å². The number of hydrogen-bond acceptors (Lipinski definition) is 4. The fourth-order valence-corrected chi connectivity index (χ4v) is 3.94. The van der Waals surface area contributed by atoms with E-state index in [1.807, 2.05) is 83.8 Å². The molecule has 154 valence electrons. The van der Waals surface area contributed by atoms with Crippen molar-refractivity contribution in [2.45, 2.75) is 12.7 Å². The van der Waals surface area contributed by atoms with E-state index >= 15 is 0 Å². The molecular weight excluding hydrogens is 388 g/mol. The number of anilines is 2. The number of carbonyl (C=O) groups is 1. The lowest BCUT2D eigenvalue weighted by Crippen LogP contribution is -2.43. The van der Waals surface area contributed by atoms with Crippen molar-refractivity contribution in [3.05, 3.63) is 108 Å². The first-order chi connectivity index (χ1) is 15.2. The number of methoxy groups -OCH3 is 1. The molecule has 0 saturated carbocycles. The van der Waals surface area contributed by atoms with Crippen molar-refractivity contribution < 1.29 is 9.53 Å². The number of para-hydroxylation sites is 3. The number of nitrogens with one attached hydrogen (secondary N) is 1. The quantitative estimate of drug-likeness (QED) is 0.518. The molecule has 1 aromatic heterocycles. The molecule has 2 heterocycles. The summed E-state index contributed by atoms with van der Waals surface area (Å²) in [6.45, 7) is 0.659. The minimum absolute atomic E-state index is 0.0836. The topological polar surface area (TPSA) is 59.4 Å². The standard InChI is InChI=1S/C25H22N4O2/c1-31-23-14-8-7-13-22(23)29-24(27-21-12-6-5-11-20(21)25(29)30)19-15-26-28(17-19)16-18-9-3-2-4-10-18/h2-15,17,24,27H,16H2,1H3. The maximum atomic E-state index is 13.6. The van der Waals surface area contributed by atoms with Crippen LogP contribution in [-0.4, -0.2) is 22.8 Å². The number of fused-ring (bicyclic) bond motifs is 1. The lowest BCUT2D eigenvalue weighted by molar-refractivity contribution is 0.0974. The number of carbonyl (C=O) groups excluding carboxylic acids is 1. The van der Waals surface area contributed by atoms with Gasteiger partial charge in [-0.25, -0.2) is 0 Å². The second kappa shape index (κ2) is 7.99. The molecule has 0 bridgehead atoms. The van der Waals surface area contributed by atoms with Crippen LogP contribution >= 0.6 is 0 Å². The second-order valence-corrected chi connectivity index (χ2v) is 7.40. The predicted octanol–water partition coefficient (Wildman–Crippen LogP) is 4.71. The Morgan fingerprint density at radius 1 is 0.968 bits per heavy atom. The van der Waals surface area contributed by atoms with Crippen LogP contribution in [0.25, 0.3) is 0 Å². The number of benzene rings is 3. The minimum Gasteiger partial charge on any atom is -0.495 e. The van der Waals surface area contributed by atoms with Gasteiger partial charge in [0.1, 0.15) is 11.9 Å². The van der Waals surface area contributed by atoms with Crippen LogP contribution in [0.2, 0.25) is 0 Å². The Bertz CT molecular complexity index is 1220. The predicted molar refractivity (Wildman–Crippen MR) is 120 cm³/mol. The molecule has 0 aliphatic carbocycles. The molecule has 31 heavy (non-hydrogen) atoms. The van der Waals surface area contributed by atoms with Crippen LogP contribution in [0.4, 0.5) is 11.4 Å². The van der Waals surface area contributed by atoms with Crippen molar-refractivity contribution >= 4 is 17.3 Å². The zero-order valence-corrected chi connectivity index (χ0v) is 17.1. The van der Waals surface area contributed by atoms with Crippen LogP contribution in [0.3, 0.4) is 0 Å². The zero-order chi connectivity index (χ0) is 21.2. The number of ether oxygens (including phenoxy) is 1. The van der Waals surface area contributed by atoms with Crippen LogP contribution < -0.4 is 15.0 Å².